The van der Waals surface area contributed by atoms with Crippen LogP contribution in [0.5, 0.6) is 5.75 Å². The van der Waals surface area contributed by atoms with Crippen molar-refractivity contribution in [3.63, 3.8) is 0 Å². The summed E-state index contributed by atoms with van der Waals surface area (Å²) in [6.07, 6.45) is 1.16. The number of benzene rings is 1. The van der Waals surface area contributed by atoms with E-state index in [1.165, 1.54) is 24.3 Å². The highest BCUT2D eigenvalue weighted by Crippen LogP contribution is 2.12. The molecule has 0 saturated heterocycles. The highest BCUT2D eigenvalue weighted by atomic mass is 16.7. The van der Waals surface area contributed by atoms with E-state index in [-0.39, 0.29) is 56.9 Å². The van der Waals surface area contributed by atoms with Crippen molar-refractivity contribution in [2.45, 2.75) is 51.0 Å². The second-order valence-electron chi connectivity index (χ2n) is 4.63. The molecule has 0 bridgehead atoms. The summed E-state index contributed by atoms with van der Waals surface area (Å²) in [5, 5.41) is 16.7. The maximum atomic E-state index is 10.6. The van der Waals surface area contributed by atoms with E-state index in [1.807, 2.05) is 0 Å². The van der Waals surface area contributed by atoms with Gasteiger partial charge in [-0.25, -0.2) is 14.4 Å². The average molecular weight is 507 g/mol. The van der Waals surface area contributed by atoms with Crippen molar-refractivity contribution in [2.24, 2.45) is 0 Å². The number of aliphatic carboxylic acids is 1. The molecule has 204 valence electrons. The summed E-state index contributed by atoms with van der Waals surface area (Å²) in [7, 11) is 0. The van der Waals surface area contributed by atoms with E-state index in [4.69, 9.17) is 14.9 Å². The molecule has 0 unspecified atom stereocenters. The number of hydrogen-bond donors (Lipinski definition) is 2. The van der Waals surface area contributed by atoms with Gasteiger partial charge >= 0.3 is 29.8 Å². The van der Waals surface area contributed by atoms with Crippen LogP contribution < -0.4 is 4.74 Å². The van der Waals surface area contributed by atoms with Crippen LogP contribution in [0.15, 0.2) is 49.6 Å². The van der Waals surface area contributed by atoms with E-state index in [0.717, 1.165) is 12.2 Å². The Balaban J connectivity index is -0.0000000777. The minimum absolute atomic E-state index is 0. The molecule has 0 radical (unpaired) electrons. The molecule has 11 nitrogen and oxygen atoms in total. The molecule has 0 aliphatic rings. The van der Waals surface area contributed by atoms with Crippen LogP contribution in [0.2, 0.25) is 0 Å². The molecule has 11 heteroatoms. The summed E-state index contributed by atoms with van der Waals surface area (Å²) in [5.74, 6) is -4.19. The molecule has 0 amide bonds. The fourth-order valence-electron chi connectivity index (χ4n) is 1.29. The van der Waals surface area contributed by atoms with Gasteiger partial charge in [-0.3, -0.25) is 9.59 Å². The summed E-state index contributed by atoms with van der Waals surface area (Å²) in [6, 6.07) is 5.75. The molecule has 1 rings (SSSR count). The molecule has 0 spiro atoms. The van der Waals surface area contributed by atoms with Gasteiger partial charge in [0.2, 0.25) is 13.6 Å². The summed E-state index contributed by atoms with van der Waals surface area (Å²) >= 11 is 0. The number of carboxylic acid groups (broad SMARTS) is 2. The van der Waals surface area contributed by atoms with Crippen LogP contribution >= 0.6 is 0 Å². The zero-order chi connectivity index (χ0) is 22.2. The van der Waals surface area contributed by atoms with Crippen LogP contribution in [0, 0.1) is 0 Å². The molecule has 0 atom stereocenters. The Labute approximate surface area is 209 Å². The molecule has 1 aromatic rings. The molecule has 0 aliphatic carbocycles. The first-order valence-electron chi connectivity index (χ1n) is 7.61. The van der Waals surface area contributed by atoms with Crippen molar-refractivity contribution in [1.29, 1.82) is 0 Å². The zero-order valence-corrected chi connectivity index (χ0v) is 15.1. The number of rotatable bonds is 10. The maximum absolute atomic E-state index is 10.6. The molecule has 35 heavy (non-hydrogen) atoms. The first-order valence-corrected chi connectivity index (χ1v) is 7.61. The van der Waals surface area contributed by atoms with Crippen molar-refractivity contribution in [2.75, 3.05) is 13.6 Å². The smallest absolute Gasteiger partial charge is 0.335 e. The van der Waals surface area contributed by atoms with Gasteiger partial charge in [-0.05, 0) is 24.3 Å². The van der Waals surface area contributed by atoms with Gasteiger partial charge in [0.1, 0.15) is 12.2 Å². The zero-order valence-electron chi connectivity index (χ0n) is 15.1. The van der Waals surface area contributed by atoms with Crippen LogP contribution in [0.25, 0.3) is 0 Å². The first-order chi connectivity index (χ1) is 13.7. The van der Waals surface area contributed by atoms with Crippen LogP contribution in [-0.4, -0.2) is 53.6 Å². The maximum Gasteiger partial charge on any atom is 0.335 e. The van der Waals surface area contributed by atoms with Gasteiger partial charge in [-0.1, -0.05) is 57.7 Å². The Bertz CT molecular complexity index is 753. The number of carbonyl (C=O) groups is 5. The lowest BCUT2D eigenvalue weighted by atomic mass is 10.2. The fraction of sp³-hybridized carbons (Fsp3) is 0.375. The van der Waals surface area contributed by atoms with E-state index in [9.17, 15) is 24.0 Å². The number of esters is 3. The molecule has 0 saturated carbocycles. The molecule has 0 aromatic heterocycles. The van der Waals surface area contributed by atoms with E-state index in [0.29, 0.717) is 5.75 Å². The SMILES string of the molecule is C.C.C.C.C.C.C=CC(=O)OCOC(=O)CC(=O)O.C=CC(=O)OCOc1ccc(C(=O)O)cc1. The van der Waals surface area contributed by atoms with E-state index >= 15 is 0 Å². The monoisotopic (exact) mass is 506 g/mol. The summed E-state index contributed by atoms with van der Waals surface area (Å²) in [4.78, 5) is 52.0. The third kappa shape index (κ3) is 26.0. The minimum atomic E-state index is -1.31. The van der Waals surface area contributed by atoms with E-state index in [1.54, 1.807) is 0 Å². The van der Waals surface area contributed by atoms with Crippen molar-refractivity contribution < 1.29 is 53.1 Å². The Morgan fingerprint density at radius 3 is 1.51 bits per heavy atom. The second kappa shape index (κ2) is 27.9. The van der Waals surface area contributed by atoms with Gasteiger partial charge in [0, 0.05) is 12.2 Å². The lowest BCUT2D eigenvalue weighted by molar-refractivity contribution is -0.165. The number of carbonyl (C=O) groups excluding carboxylic acids is 3. The molecule has 0 heterocycles. The Morgan fingerprint density at radius 1 is 0.714 bits per heavy atom. The van der Waals surface area contributed by atoms with Crippen LogP contribution in [-0.2, 0) is 33.4 Å². The van der Waals surface area contributed by atoms with Crippen LogP contribution in [0.4, 0.5) is 0 Å². The van der Waals surface area contributed by atoms with Crippen LogP contribution in [0.1, 0.15) is 61.3 Å². The lowest BCUT2D eigenvalue weighted by Gasteiger charge is -2.05. The van der Waals surface area contributed by atoms with Crippen molar-refractivity contribution in [3.8, 4) is 5.75 Å². The molecule has 0 aliphatic heterocycles. The molecule has 1 aromatic carbocycles. The Morgan fingerprint density at radius 2 is 1.14 bits per heavy atom. The lowest BCUT2D eigenvalue weighted by Crippen LogP contribution is -2.14. The van der Waals surface area contributed by atoms with Gasteiger partial charge < -0.3 is 29.2 Å². The fourth-order valence-corrected chi connectivity index (χ4v) is 1.29. The quantitative estimate of drug-likeness (QED) is 0.191. The summed E-state index contributed by atoms with van der Waals surface area (Å²) < 4.78 is 18.1. The van der Waals surface area contributed by atoms with E-state index < -0.39 is 43.1 Å². The highest BCUT2D eigenvalue weighted by Gasteiger charge is 2.08. The Kier molecular flexibility index (Phi) is 38.5. The van der Waals surface area contributed by atoms with Crippen molar-refractivity contribution in [3.05, 3.63) is 55.1 Å². The third-order valence-corrected chi connectivity index (χ3v) is 2.58. The standard InChI is InChI=1S/C11H10O5.C7H8O6.6CH4/c1-2-10(12)16-7-15-9-5-3-8(4-6-9)11(13)14;1-2-6(10)12-4-13-7(11)3-5(8)9;;;;;;/h2-6H,1,7H2,(H,13,14);2H,1,3-4H2,(H,8,9);6*1H4. The summed E-state index contributed by atoms with van der Waals surface area (Å²) in [6.45, 7) is 5.48. The molecular formula is C24H42O11. The number of carboxylic acids is 2. The Hall–Kier alpha value is -4.15. The van der Waals surface area contributed by atoms with E-state index in [2.05, 4.69) is 27.4 Å². The van der Waals surface area contributed by atoms with Gasteiger partial charge in [-0.2, -0.15) is 0 Å². The van der Waals surface area contributed by atoms with Gasteiger partial charge in [0.05, 0.1) is 5.56 Å². The topological polar surface area (TPSA) is 163 Å². The van der Waals surface area contributed by atoms with Gasteiger partial charge in [0.15, 0.2) is 0 Å². The number of ether oxygens (including phenoxy) is 4. The molecule has 2 N–H and O–H groups in total. The second-order valence-corrected chi connectivity index (χ2v) is 4.63. The van der Waals surface area contributed by atoms with Gasteiger partial charge in [0.25, 0.3) is 0 Å². The van der Waals surface area contributed by atoms with Crippen molar-refractivity contribution >= 4 is 29.8 Å². The van der Waals surface area contributed by atoms with Crippen LogP contribution in [0.3, 0.4) is 0 Å². The predicted octanol–water partition coefficient (Wildman–Crippen LogP) is 4.96. The molecule has 0 fully saturated rings. The first kappa shape index (κ1) is 48.3. The van der Waals surface area contributed by atoms with Gasteiger partial charge in [-0.15, -0.1) is 0 Å². The predicted molar refractivity (Wildman–Crippen MR) is 135 cm³/mol. The third-order valence-electron chi connectivity index (χ3n) is 2.58. The normalized spacial score (nSPS) is 7.43. The number of aromatic carboxylic acids is 1. The average Bonchev–Trinajstić information content (AvgIpc) is 2.68. The highest BCUT2D eigenvalue weighted by molar-refractivity contribution is 5.90. The number of hydrogen-bond acceptors (Lipinski definition) is 9. The molecular weight excluding hydrogens is 464 g/mol. The summed E-state index contributed by atoms with van der Waals surface area (Å²) in [5.41, 5.74) is 0.162. The van der Waals surface area contributed by atoms with Crippen molar-refractivity contribution in [1.82, 2.24) is 0 Å². The minimum Gasteiger partial charge on any atom is -0.481 e. The largest absolute Gasteiger partial charge is 0.481 e.